The van der Waals surface area contributed by atoms with Crippen LogP contribution in [0, 0.1) is 6.92 Å². The van der Waals surface area contributed by atoms with E-state index in [-0.39, 0.29) is 5.91 Å². The molecule has 0 spiro atoms. The number of fused-ring (bicyclic) bond motifs is 1. The SMILES string of the molecule is Cc1[nH]c2c(Cl)cccc2c1C(=O)NCCCN. The maximum atomic E-state index is 12.1. The van der Waals surface area contributed by atoms with Gasteiger partial charge in [0.25, 0.3) is 5.91 Å². The Morgan fingerprint density at radius 1 is 1.50 bits per heavy atom. The number of aryl methyl sites for hydroxylation is 1. The molecule has 0 saturated heterocycles. The summed E-state index contributed by atoms with van der Waals surface area (Å²) in [7, 11) is 0. The van der Waals surface area contributed by atoms with E-state index in [2.05, 4.69) is 10.3 Å². The van der Waals surface area contributed by atoms with Crippen LogP contribution in [0.25, 0.3) is 10.9 Å². The second-order valence-corrected chi connectivity index (χ2v) is 4.59. The molecule has 1 heterocycles. The standard InChI is InChI=1S/C13H16ClN3O/c1-8-11(13(18)16-7-3-6-15)9-4-2-5-10(14)12(9)17-8/h2,4-5,17H,3,6-7,15H2,1H3,(H,16,18). The molecular formula is C13H16ClN3O. The number of nitrogens with one attached hydrogen (secondary N) is 2. The minimum absolute atomic E-state index is 0.0885. The third-order valence-electron chi connectivity index (χ3n) is 2.86. The Bertz CT molecular complexity index is 577. The zero-order chi connectivity index (χ0) is 13.1. The highest BCUT2D eigenvalue weighted by Gasteiger charge is 2.16. The first-order valence-corrected chi connectivity index (χ1v) is 6.28. The fraction of sp³-hybridized carbons (Fsp3) is 0.308. The van der Waals surface area contributed by atoms with Crippen molar-refractivity contribution in [1.29, 1.82) is 0 Å². The number of amides is 1. The summed E-state index contributed by atoms with van der Waals surface area (Å²) >= 11 is 6.09. The van der Waals surface area contributed by atoms with Crippen LogP contribution in [0.3, 0.4) is 0 Å². The van der Waals surface area contributed by atoms with Gasteiger partial charge < -0.3 is 16.0 Å². The van der Waals surface area contributed by atoms with Crippen molar-refractivity contribution in [2.24, 2.45) is 5.73 Å². The van der Waals surface area contributed by atoms with Gasteiger partial charge in [-0.1, -0.05) is 23.7 Å². The van der Waals surface area contributed by atoms with Gasteiger partial charge in [-0.3, -0.25) is 4.79 Å². The summed E-state index contributed by atoms with van der Waals surface area (Å²) in [6, 6.07) is 5.53. The van der Waals surface area contributed by atoms with E-state index < -0.39 is 0 Å². The molecule has 0 unspecified atom stereocenters. The van der Waals surface area contributed by atoms with Gasteiger partial charge in [0, 0.05) is 17.6 Å². The molecule has 18 heavy (non-hydrogen) atoms. The zero-order valence-corrected chi connectivity index (χ0v) is 11.0. The Morgan fingerprint density at radius 2 is 2.28 bits per heavy atom. The van der Waals surface area contributed by atoms with Gasteiger partial charge in [0.2, 0.25) is 0 Å². The minimum Gasteiger partial charge on any atom is -0.357 e. The van der Waals surface area contributed by atoms with Crippen molar-refractivity contribution in [1.82, 2.24) is 10.3 Å². The van der Waals surface area contributed by atoms with Gasteiger partial charge in [-0.05, 0) is 26.0 Å². The Labute approximate surface area is 111 Å². The molecule has 4 nitrogen and oxygen atoms in total. The van der Waals surface area contributed by atoms with Crippen molar-refractivity contribution in [3.8, 4) is 0 Å². The Kier molecular flexibility index (Phi) is 3.89. The molecule has 0 atom stereocenters. The number of nitrogens with two attached hydrogens (primary N) is 1. The summed E-state index contributed by atoms with van der Waals surface area (Å²) in [6.45, 7) is 3.02. The van der Waals surface area contributed by atoms with E-state index in [1.54, 1.807) is 6.07 Å². The van der Waals surface area contributed by atoms with Crippen LogP contribution >= 0.6 is 11.6 Å². The number of carbonyl (C=O) groups is 1. The van der Waals surface area contributed by atoms with Crippen molar-refractivity contribution in [2.75, 3.05) is 13.1 Å². The number of H-pyrrole nitrogens is 1. The quantitative estimate of drug-likeness (QED) is 0.742. The molecule has 4 N–H and O–H groups in total. The topological polar surface area (TPSA) is 70.9 Å². The predicted octanol–water partition coefficient (Wildman–Crippen LogP) is 2.21. The van der Waals surface area contributed by atoms with Crippen LogP contribution in [-0.2, 0) is 0 Å². The van der Waals surface area contributed by atoms with Crippen molar-refractivity contribution < 1.29 is 4.79 Å². The Hall–Kier alpha value is -1.52. The van der Waals surface area contributed by atoms with Gasteiger partial charge in [-0.15, -0.1) is 0 Å². The van der Waals surface area contributed by atoms with Crippen LogP contribution in [-0.4, -0.2) is 24.0 Å². The van der Waals surface area contributed by atoms with E-state index in [9.17, 15) is 4.79 Å². The first-order chi connectivity index (χ1) is 8.65. The molecule has 96 valence electrons. The molecule has 5 heteroatoms. The summed E-state index contributed by atoms with van der Waals surface area (Å²) in [4.78, 5) is 15.3. The molecule has 1 amide bonds. The summed E-state index contributed by atoms with van der Waals surface area (Å²) in [5.74, 6) is -0.0885. The molecule has 0 aliphatic rings. The highest BCUT2D eigenvalue weighted by atomic mass is 35.5. The Balaban J connectivity index is 2.35. The highest BCUT2D eigenvalue weighted by molar-refractivity contribution is 6.35. The summed E-state index contributed by atoms with van der Waals surface area (Å²) < 4.78 is 0. The van der Waals surface area contributed by atoms with Gasteiger partial charge >= 0.3 is 0 Å². The van der Waals surface area contributed by atoms with Crippen molar-refractivity contribution in [3.63, 3.8) is 0 Å². The van der Waals surface area contributed by atoms with Crippen LogP contribution < -0.4 is 11.1 Å². The highest BCUT2D eigenvalue weighted by Crippen LogP contribution is 2.27. The van der Waals surface area contributed by atoms with Gasteiger partial charge in [0.05, 0.1) is 16.1 Å². The molecule has 2 rings (SSSR count). The number of aromatic nitrogens is 1. The molecular weight excluding hydrogens is 250 g/mol. The van der Waals surface area contributed by atoms with Crippen LogP contribution in [0.15, 0.2) is 18.2 Å². The van der Waals surface area contributed by atoms with E-state index in [4.69, 9.17) is 17.3 Å². The van der Waals surface area contributed by atoms with Crippen LogP contribution in [0.5, 0.6) is 0 Å². The van der Waals surface area contributed by atoms with Crippen LogP contribution in [0.2, 0.25) is 5.02 Å². The lowest BCUT2D eigenvalue weighted by Crippen LogP contribution is -2.26. The largest absolute Gasteiger partial charge is 0.357 e. The molecule has 0 aliphatic carbocycles. The van der Waals surface area contributed by atoms with Gasteiger partial charge in [-0.2, -0.15) is 0 Å². The third-order valence-corrected chi connectivity index (χ3v) is 3.18. The second kappa shape index (κ2) is 5.42. The maximum Gasteiger partial charge on any atom is 0.253 e. The minimum atomic E-state index is -0.0885. The number of carbonyl (C=O) groups excluding carboxylic acids is 1. The van der Waals surface area contributed by atoms with Crippen LogP contribution in [0.1, 0.15) is 22.5 Å². The average molecular weight is 266 g/mol. The lowest BCUT2D eigenvalue weighted by molar-refractivity contribution is 0.0954. The number of rotatable bonds is 4. The van der Waals surface area contributed by atoms with E-state index in [0.717, 1.165) is 23.0 Å². The van der Waals surface area contributed by atoms with Gasteiger partial charge in [-0.25, -0.2) is 0 Å². The van der Waals surface area contributed by atoms with Crippen molar-refractivity contribution >= 4 is 28.4 Å². The number of para-hydroxylation sites is 1. The molecule has 1 aromatic heterocycles. The van der Waals surface area contributed by atoms with Crippen LogP contribution in [0.4, 0.5) is 0 Å². The monoisotopic (exact) mass is 265 g/mol. The van der Waals surface area contributed by atoms with E-state index >= 15 is 0 Å². The molecule has 0 fully saturated rings. The number of hydrogen-bond acceptors (Lipinski definition) is 2. The second-order valence-electron chi connectivity index (χ2n) is 4.19. The smallest absolute Gasteiger partial charge is 0.253 e. The molecule has 1 aromatic carbocycles. The predicted molar refractivity (Wildman–Crippen MR) is 74.1 cm³/mol. The molecule has 0 aliphatic heterocycles. The van der Waals surface area contributed by atoms with E-state index in [1.165, 1.54) is 0 Å². The number of aromatic amines is 1. The fourth-order valence-electron chi connectivity index (χ4n) is 2.00. The normalized spacial score (nSPS) is 10.8. The van der Waals surface area contributed by atoms with Gasteiger partial charge in [0.1, 0.15) is 0 Å². The molecule has 2 aromatic rings. The molecule has 0 saturated carbocycles. The number of hydrogen-bond donors (Lipinski definition) is 3. The summed E-state index contributed by atoms with van der Waals surface area (Å²) in [5, 5.41) is 4.33. The number of halogens is 1. The zero-order valence-electron chi connectivity index (χ0n) is 10.2. The van der Waals surface area contributed by atoms with Crippen molar-refractivity contribution in [3.05, 3.63) is 34.5 Å². The first kappa shape index (κ1) is 12.9. The van der Waals surface area contributed by atoms with E-state index in [1.807, 2.05) is 19.1 Å². The lowest BCUT2D eigenvalue weighted by Gasteiger charge is -2.04. The lowest BCUT2D eigenvalue weighted by atomic mass is 10.1. The van der Waals surface area contributed by atoms with E-state index in [0.29, 0.717) is 23.7 Å². The molecule has 0 bridgehead atoms. The average Bonchev–Trinajstić information content (AvgIpc) is 2.67. The maximum absolute atomic E-state index is 12.1. The fourth-order valence-corrected chi connectivity index (χ4v) is 2.22. The first-order valence-electron chi connectivity index (χ1n) is 5.90. The van der Waals surface area contributed by atoms with Gasteiger partial charge in [0.15, 0.2) is 0 Å². The third kappa shape index (κ3) is 2.35. The summed E-state index contributed by atoms with van der Waals surface area (Å²) in [6.07, 6.45) is 0.772. The summed E-state index contributed by atoms with van der Waals surface area (Å²) in [5.41, 5.74) is 7.68. The Morgan fingerprint density at radius 3 is 3.00 bits per heavy atom. The van der Waals surface area contributed by atoms with Crippen molar-refractivity contribution in [2.45, 2.75) is 13.3 Å². The molecule has 0 radical (unpaired) electrons. The number of benzene rings is 1.